The predicted molar refractivity (Wildman–Crippen MR) is 71.2 cm³/mol. The molecule has 2 rings (SSSR count). The van der Waals surface area contributed by atoms with Crippen LogP contribution in [0, 0.1) is 5.41 Å². The van der Waals surface area contributed by atoms with Crippen LogP contribution in [-0.2, 0) is 6.42 Å². The van der Waals surface area contributed by atoms with Crippen molar-refractivity contribution in [3.63, 3.8) is 0 Å². The third-order valence-electron chi connectivity index (χ3n) is 3.92. The number of aromatic hydroxyl groups is 1. The van der Waals surface area contributed by atoms with Crippen molar-refractivity contribution in [3.8, 4) is 5.75 Å². The second-order valence-corrected chi connectivity index (χ2v) is 5.82. The SMILES string of the molecule is CC(Cc1ccc(O)cc1)NCC1(C)CCC1. The molecule has 1 aliphatic rings. The Morgan fingerprint density at radius 3 is 2.47 bits per heavy atom. The lowest BCUT2D eigenvalue weighted by molar-refractivity contribution is 0.152. The average Bonchev–Trinajstić information content (AvgIpc) is 2.27. The van der Waals surface area contributed by atoms with Gasteiger partial charge in [-0.2, -0.15) is 0 Å². The van der Waals surface area contributed by atoms with Crippen molar-refractivity contribution >= 4 is 0 Å². The topological polar surface area (TPSA) is 32.3 Å². The Balaban J connectivity index is 1.76. The Bertz CT molecular complexity index is 354. The van der Waals surface area contributed by atoms with Crippen LogP contribution in [0.2, 0.25) is 0 Å². The van der Waals surface area contributed by atoms with Crippen molar-refractivity contribution < 1.29 is 5.11 Å². The van der Waals surface area contributed by atoms with Crippen LogP contribution >= 0.6 is 0 Å². The maximum Gasteiger partial charge on any atom is 0.115 e. The summed E-state index contributed by atoms with van der Waals surface area (Å²) in [7, 11) is 0. The summed E-state index contributed by atoms with van der Waals surface area (Å²) >= 11 is 0. The van der Waals surface area contributed by atoms with E-state index in [2.05, 4.69) is 19.2 Å². The summed E-state index contributed by atoms with van der Waals surface area (Å²) < 4.78 is 0. The van der Waals surface area contributed by atoms with Gasteiger partial charge in [0.2, 0.25) is 0 Å². The van der Waals surface area contributed by atoms with Crippen LogP contribution in [-0.4, -0.2) is 17.7 Å². The van der Waals surface area contributed by atoms with Gasteiger partial charge in [-0.15, -0.1) is 0 Å². The minimum Gasteiger partial charge on any atom is -0.508 e. The quantitative estimate of drug-likeness (QED) is 0.819. The van der Waals surface area contributed by atoms with Crippen molar-refractivity contribution in [2.24, 2.45) is 5.41 Å². The molecule has 0 aliphatic heterocycles. The molecular weight excluding hydrogens is 210 g/mol. The normalized spacial score (nSPS) is 19.6. The largest absolute Gasteiger partial charge is 0.508 e. The molecule has 0 radical (unpaired) electrons. The molecule has 1 aliphatic carbocycles. The van der Waals surface area contributed by atoms with Crippen LogP contribution < -0.4 is 5.32 Å². The highest BCUT2D eigenvalue weighted by Gasteiger charge is 2.31. The van der Waals surface area contributed by atoms with E-state index >= 15 is 0 Å². The van der Waals surface area contributed by atoms with Gasteiger partial charge in [0.15, 0.2) is 0 Å². The van der Waals surface area contributed by atoms with Crippen molar-refractivity contribution in [2.45, 2.75) is 45.6 Å². The Labute approximate surface area is 104 Å². The molecule has 0 spiro atoms. The van der Waals surface area contributed by atoms with Crippen molar-refractivity contribution in [2.75, 3.05) is 6.54 Å². The van der Waals surface area contributed by atoms with Crippen LogP contribution in [0.1, 0.15) is 38.7 Å². The van der Waals surface area contributed by atoms with E-state index in [1.54, 1.807) is 12.1 Å². The molecule has 1 saturated carbocycles. The van der Waals surface area contributed by atoms with E-state index < -0.39 is 0 Å². The Morgan fingerprint density at radius 2 is 1.94 bits per heavy atom. The molecule has 1 unspecified atom stereocenters. The minimum absolute atomic E-state index is 0.344. The first-order chi connectivity index (χ1) is 8.07. The summed E-state index contributed by atoms with van der Waals surface area (Å²) in [6.07, 6.45) is 5.15. The Morgan fingerprint density at radius 1 is 1.29 bits per heavy atom. The first kappa shape index (κ1) is 12.4. The first-order valence-corrected chi connectivity index (χ1v) is 6.59. The fourth-order valence-corrected chi connectivity index (χ4v) is 2.44. The zero-order chi connectivity index (χ0) is 12.3. The van der Waals surface area contributed by atoms with E-state index in [-0.39, 0.29) is 0 Å². The molecule has 0 aromatic heterocycles. The number of benzene rings is 1. The highest BCUT2D eigenvalue weighted by molar-refractivity contribution is 5.26. The molecule has 0 amide bonds. The summed E-state index contributed by atoms with van der Waals surface area (Å²) in [5.41, 5.74) is 1.82. The number of phenolic OH excluding ortho intramolecular Hbond substituents is 1. The van der Waals surface area contributed by atoms with Crippen LogP contribution in [0.4, 0.5) is 0 Å². The number of rotatable bonds is 5. The van der Waals surface area contributed by atoms with Gasteiger partial charge in [-0.3, -0.25) is 0 Å². The molecule has 1 fully saturated rings. The minimum atomic E-state index is 0.344. The van der Waals surface area contributed by atoms with Crippen LogP contribution in [0.5, 0.6) is 5.75 Å². The smallest absolute Gasteiger partial charge is 0.115 e. The van der Waals surface area contributed by atoms with E-state index in [1.807, 2.05) is 12.1 Å². The third kappa shape index (κ3) is 3.47. The molecule has 2 heteroatoms. The number of hydrogen-bond donors (Lipinski definition) is 2. The van der Waals surface area contributed by atoms with Crippen LogP contribution in [0.15, 0.2) is 24.3 Å². The summed E-state index contributed by atoms with van der Waals surface area (Å²) in [4.78, 5) is 0. The van der Waals surface area contributed by atoms with Crippen molar-refractivity contribution in [1.29, 1.82) is 0 Å². The summed E-state index contributed by atoms with van der Waals surface area (Å²) in [6, 6.07) is 8.01. The molecule has 17 heavy (non-hydrogen) atoms. The van der Waals surface area contributed by atoms with E-state index in [1.165, 1.54) is 24.8 Å². The van der Waals surface area contributed by atoms with E-state index in [0.717, 1.165) is 13.0 Å². The second-order valence-electron chi connectivity index (χ2n) is 5.82. The highest BCUT2D eigenvalue weighted by atomic mass is 16.3. The number of nitrogens with one attached hydrogen (secondary N) is 1. The first-order valence-electron chi connectivity index (χ1n) is 6.59. The van der Waals surface area contributed by atoms with Crippen molar-refractivity contribution in [3.05, 3.63) is 29.8 Å². The molecule has 0 saturated heterocycles. The van der Waals surface area contributed by atoms with Gasteiger partial charge in [0.1, 0.15) is 5.75 Å². The lowest BCUT2D eigenvalue weighted by atomic mass is 9.70. The molecule has 2 N–H and O–H groups in total. The number of phenols is 1. The van der Waals surface area contributed by atoms with E-state index in [0.29, 0.717) is 17.2 Å². The zero-order valence-electron chi connectivity index (χ0n) is 10.9. The summed E-state index contributed by atoms with van der Waals surface area (Å²) in [6.45, 7) is 5.73. The molecule has 1 atom stereocenters. The molecule has 1 aromatic carbocycles. The molecule has 2 nitrogen and oxygen atoms in total. The van der Waals surface area contributed by atoms with Gasteiger partial charge in [0.05, 0.1) is 0 Å². The predicted octanol–water partition coefficient (Wildman–Crippen LogP) is 3.10. The van der Waals surface area contributed by atoms with Gasteiger partial charge in [-0.05, 0) is 49.3 Å². The zero-order valence-corrected chi connectivity index (χ0v) is 10.9. The Hall–Kier alpha value is -1.02. The average molecular weight is 233 g/mol. The van der Waals surface area contributed by atoms with Gasteiger partial charge in [-0.25, -0.2) is 0 Å². The molecule has 1 aromatic rings. The fraction of sp³-hybridized carbons (Fsp3) is 0.600. The lowest BCUT2D eigenvalue weighted by Crippen LogP contribution is -2.41. The summed E-state index contributed by atoms with van der Waals surface area (Å²) in [5, 5.41) is 12.9. The molecule has 94 valence electrons. The van der Waals surface area contributed by atoms with Gasteiger partial charge in [0.25, 0.3) is 0 Å². The third-order valence-corrected chi connectivity index (χ3v) is 3.92. The van der Waals surface area contributed by atoms with Crippen molar-refractivity contribution in [1.82, 2.24) is 5.32 Å². The number of hydrogen-bond acceptors (Lipinski definition) is 2. The van der Waals surface area contributed by atoms with Gasteiger partial charge >= 0.3 is 0 Å². The second kappa shape index (κ2) is 5.09. The molecule has 0 heterocycles. The van der Waals surface area contributed by atoms with Crippen LogP contribution in [0.3, 0.4) is 0 Å². The maximum absolute atomic E-state index is 9.22. The monoisotopic (exact) mass is 233 g/mol. The van der Waals surface area contributed by atoms with Gasteiger partial charge in [0, 0.05) is 12.6 Å². The fourth-order valence-electron chi connectivity index (χ4n) is 2.44. The summed E-state index contributed by atoms with van der Waals surface area (Å²) in [5.74, 6) is 0.344. The van der Waals surface area contributed by atoms with Gasteiger partial charge in [-0.1, -0.05) is 25.5 Å². The lowest BCUT2D eigenvalue weighted by Gasteiger charge is -2.39. The molecular formula is C15H23NO. The standard InChI is InChI=1S/C15H23NO/c1-12(16-11-15(2)8-3-9-15)10-13-4-6-14(17)7-5-13/h4-7,12,16-17H,3,8-11H2,1-2H3. The Kier molecular flexibility index (Phi) is 3.72. The van der Waals surface area contributed by atoms with Gasteiger partial charge < -0.3 is 10.4 Å². The molecule has 0 bridgehead atoms. The van der Waals surface area contributed by atoms with E-state index in [4.69, 9.17) is 0 Å². The maximum atomic E-state index is 9.22. The van der Waals surface area contributed by atoms with E-state index in [9.17, 15) is 5.11 Å². The van der Waals surface area contributed by atoms with Crippen LogP contribution in [0.25, 0.3) is 0 Å². The highest BCUT2D eigenvalue weighted by Crippen LogP contribution is 2.39.